The first-order chi connectivity index (χ1) is 11.1. The van der Waals surface area contributed by atoms with E-state index in [2.05, 4.69) is 10.3 Å². The molecule has 2 heterocycles. The molecule has 7 heteroatoms. The maximum Gasteiger partial charge on any atom is 0.323 e. The Kier molecular flexibility index (Phi) is 5.17. The van der Waals surface area contributed by atoms with Gasteiger partial charge in [0.2, 0.25) is 0 Å². The number of hydrogen-bond donors (Lipinski definition) is 1. The Labute approximate surface area is 143 Å². The van der Waals surface area contributed by atoms with Gasteiger partial charge < -0.3 is 4.90 Å². The van der Waals surface area contributed by atoms with Gasteiger partial charge in [-0.1, -0.05) is 12.1 Å². The molecule has 2 aromatic rings. The third-order valence-corrected chi connectivity index (χ3v) is 5.54. The van der Waals surface area contributed by atoms with Crippen molar-refractivity contribution in [2.75, 3.05) is 29.9 Å². The molecular formula is C16H18FN3OS2. The van der Waals surface area contributed by atoms with Crippen molar-refractivity contribution in [2.45, 2.75) is 13.3 Å². The fraction of sp³-hybridized carbons (Fsp3) is 0.375. The van der Waals surface area contributed by atoms with Gasteiger partial charge in [0.05, 0.1) is 0 Å². The van der Waals surface area contributed by atoms with Gasteiger partial charge in [-0.2, -0.15) is 11.8 Å². The molecule has 1 fully saturated rings. The molecule has 1 aliphatic rings. The lowest BCUT2D eigenvalue weighted by Crippen LogP contribution is -2.40. The molecule has 2 amide bonds. The minimum absolute atomic E-state index is 0.0902. The van der Waals surface area contributed by atoms with E-state index in [-0.39, 0.29) is 11.8 Å². The zero-order valence-corrected chi connectivity index (χ0v) is 14.5. The van der Waals surface area contributed by atoms with Crippen molar-refractivity contribution in [1.82, 2.24) is 9.88 Å². The molecule has 0 saturated carbocycles. The number of halogens is 1. The highest BCUT2D eigenvalue weighted by Crippen LogP contribution is 2.22. The molecule has 0 spiro atoms. The predicted octanol–water partition coefficient (Wildman–Crippen LogP) is 3.76. The standard InChI is InChI=1S/C16H18FN3OS2/c1-11-2-3-12(9-14(11)17)8-13-10-18-15(23-13)19-16(21)20-4-6-22-7-5-20/h2-3,9-10H,4-8H2,1H3,(H,18,19,21). The van der Waals surface area contributed by atoms with Gasteiger partial charge in [-0.25, -0.2) is 14.2 Å². The molecule has 23 heavy (non-hydrogen) atoms. The molecule has 4 nitrogen and oxygen atoms in total. The number of thioether (sulfide) groups is 1. The van der Waals surface area contributed by atoms with E-state index in [0.717, 1.165) is 35.0 Å². The van der Waals surface area contributed by atoms with Crippen molar-refractivity contribution in [3.8, 4) is 0 Å². The maximum absolute atomic E-state index is 13.6. The van der Waals surface area contributed by atoms with Crippen LogP contribution in [0.2, 0.25) is 0 Å². The summed E-state index contributed by atoms with van der Waals surface area (Å²) in [5, 5.41) is 3.44. The quantitative estimate of drug-likeness (QED) is 0.916. The normalized spacial score (nSPS) is 14.8. The van der Waals surface area contributed by atoms with E-state index in [4.69, 9.17) is 0 Å². The highest BCUT2D eigenvalue weighted by molar-refractivity contribution is 7.99. The molecule has 1 aliphatic heterocycles. The van der Waals surface area contributed by atoms with Gasteiger partial charge in [0.15, 0.2) is 5.13 Å². The van der Waals surface area contributed by atoms with Crippen LogP contribution in [0, 0.1) is 12.7 Å². The molecule has 0 atom stereocenters. The van der Waals surface area contributed by atoms with Crippen molar-refractivity contribution < 1.29 is 9.18 Å². The van der Waals surface area contributed by atoms with Crippen LogP contribution < -0.4 is 5.32 Å². The van der Waals surface area contributed by atoms with Crippen LogP contribution >= 0.6 is 23.1 Å². The second kappa shape index (κ2) is 7.31. The minimum atomic E-state index is -0.191. The average molecular weight is 351 g/mol. The smallest absolute Gasteiger partial charge is 0.323 e. The third-order valence-electron chi connectivity index (χ3n) is 3.68. The van der Waals surface area contributed by atoms with E-state index in [0.29, 0.717) is 17.1 Å². The van der Waals surface area contributed by atoms with Crippen molar-refractivity contribution in [3.63, 3.8) is 0 Å². The first-order valence-electron chi connectivity index (χ1n) is 7.45. The summed E-state index contributed by atoms with van der Waals surface area (Å²) in [6.07, 6.45) is 2.36. The Bertz CT molecular complexity index is 698. The molecule has 0 bridgehead atoms. The highest BCUT2D eigenvalue weighted by atomic mass is 32.2. The molecule has 1 aromatic carbocycles. The lowest BCUT2D eigenvalue weighted by molar-refractivity contribution is 0.217. The number of benzene rings is 1. The summed E-state index contributed by atoms with van der Waals surface area (Å²) in [4.78, 5) is 19.2. The molecule has 0 unspecified atom stereocenters. The van der Waals surface area contributed by atoms with Gasteiger partial charge >= 0.3 is 6.03 Å². The first-order valence-corrected chi connectivity index (χ1v) is 9.42. The van der Waals surface area contributed by atoms with E-state index >= 15 is 0 Å². The van der Waals surface area contributed by atoms with Crippen LogP contribution in [-0.4, -0.2) is 40.5 Å². The number of rotatable bonds is 3. The second-order valence-electron chi connectivity index (χ2n) is 5.42. The Morgan fingerprint density at radius 2 is 2.17 bits per heavy atom. The Morgan fingerprint density at radius 3 is 2.91 bits per heavy atom. The molecule has 122 valence electrons. The zero-order valence-electron chi connectivity index (χ0n) is 12.8. The largest absolute Gasteiger partial charge is 0.323 e. The summed E-state index contributed by atoms with van der Waals surface area (Å²) in [5.41, 5.74) is 1.55. The number of amides is 2. The lowest BCUT2D eigenvalue weighted by atomic mass is 10.1. The van der Waals surface area contributed by atoms with Crippen LogP contribution in [0.4, 0.5) is 14.3 Å². The summed E-state index contributed by atoms with van der Waals surface area (Å²) in [6.45, 7) is 3.30. The number of hydrogen-bond acceptors (Lipinski definition) is 4. The fourth-order valence-corrected chi connectivity index (χ4v) is 4.07. The zero-order chi connectivity index (χ0) is 16.2. The van der Waals surface area contributed by atoms with Gasteiger partial charge in [-0.05, 0) is 24.1 Å². The van der Waals surface area contributed by atoms with Crippen LogP contribution in [-0.2, 0) is 6.42 Å². The molecule has 0 aliphatic carbocycles. The van der Waals surface area contributed by atoms with Crippen molar-refractivity contribution >= 4 is 34.3 Å². The Hall–Kier alpha value is -1.60. The predicted molar refractivity (Wildman–Crippen MR) is 94.0 cm³/mol. The maximum atomic E-state index is 13.6. The third kappa shape index (κ3) is 4.23. The SMILES string of the molecule is Cc1ccc(Cc2cnc(NC(=O)N3CCSCC3)s2)cc1F. The van der Waals surface area contributed by atoms with Gasteiger partial charge in [-0.15, -0.1) is 11.3 Å². The second-order valence-corrected chi connectivity index (χ2v) is 7.76. The Balaban J connectivity index is 1.61. The van der Waals surface area contributed by atoms with Crippen LogP contribution in [0.25, 0.3) is 0 Å². The number of anilines is 1. The number of aromatic nitrogens is 1. The van der Waals surface area contributed by atoms with Gasteiger partial charge in [0, 0.05) is 42.1 Å². The fourth-order valence-electron chi connectivity index (χ4n) is 2.33. The number of carbonyl (C=O) groups excluding carboxylic acids is 1. The molecule has 1 N–H and O–H groups in total. The summed E-state index contributed by atoms with van der Waals surface area (Å²) in [5.74, 6) is 1.77. The van der Waals surface area contributed by atoms with E-state index in [9.17, 15) is 9.18 Å². The number of carbonyl (C=O) groups is 1. The van der Waals surface area contributed by atoms with Gasteiger partial charge in [0.25, 0.3) is 0 Å². The lowest BCUT2D eigenvalue weighted by Gasteiger charge is -2.25. The van der Waals surface area contributed by atoms with Crippen molar-refractivity contribution in [3.05, 3.63) is 46.2 Å². The number of urea groups is 1. The highest BCUT2D eigenvalue weighted by Gasteiger charge is 2.17. The van der Waals surface area contributed by atoms with Crippen LogP contribution in [0.1, 0.15) is 16.0 Å². The summed E-state index contributed by atoms with van der Waals surface area (Å²) in [6, 6.07) is 5.16. The molecule has 1 saturated heterocycles. The van der Waals surface area contributed by atoms with Crippen LogP contribution in [0.5, 0.6) is 0 Å². The van der Waals surface area contributed by atoms with Gasteiger partial charge in [0.1, 0.15) is 5.82 Å². The minimum Gasteiger partial charge on any atom is -0.323 e. The van der Waals surface area contributed by atoms with Gasteiger partial charge in [-0.3, -0.25) is 5.32 Å². The topological polar surface area (TPSA) is 45.2 Å². The first kappa shape index (κ1) is 16.3. The monoisotopic (exact) mass is 351 g/mol. The van der Waals surface area contributed by atoms with E-state index < -0.39 is 0 Å². The Morgan fingerprint density at radius 1 is 1.39 bits per heavy atom. The summed E-state index contributed by atoms with van der Waals surface area (Å²) in [7, 11) is 0. The van der Waals surface area contributed by atoms with E-state index in [1.165, 1.54) is 11.3 Å². The number of nitrogens with zero attached hydrogens (tertiary/aromatic N) is 2. The van der Waals surface area contributed by atoms with Crippen LogP contribution in [0.15, 0.2) is 24.4 Å². The summed E-state index contributed by atoms with van der Waals surface area (Å²) >= 11 is 3.30. The number of aryl methyl sites for hydroxylation is 1. The summed E-state index contributed by atoms with van der Waals surface area (Å²) < 4.78 is 13.6. The van der Waals surface area contributed by atoms with Crippen LogP contribution in [0.3, 0.4) is 0 Å². The molecule has 3 rings (SSSR count). The molecular weight excluding hydrogens is 333 g/mol. The molecule has 0 radical (unpaired) electrons. The number of thiazole rings is 1. The molecule has 1 aromatic heterocycles. The van der Waals surface area contributed by atoms with E-state index in [1.54, 1.807) is 25.3 Å². The average Bonchev–Trinajstić information content (AvgIpc) is 2.99. The number of nitrogens with one attached hydrogen (secondary N) is 1. The van der Waals surface area contributed by atoms with E-state index in [1.807, 2.05) is 22.7 Å². The van der Waals surface area contributed by atoms with Crippen molar-refractivity contribution in [1.29, 1.82) is 0 Å². The van der Waals surface area contributed by atoms with Crippen molar-refractivity contribution in [2.24, 2.45) is 0 Å².